The standard InChI is InChI=1S/C17H18O3/c1-2-3-4-12-5-7-13(8-6-12)17(20)15-11-14(18)9-10-16(15)19/h5-11,18-19H,2-4H2,1H3. The Bertz CT molecular complexity index is 600. The minimum Gasteiger partial charge on any atom is -0.508 e. The second kappa shape index (κ2) is 6.24. The lowest BCUT2D eigenvalue weighted by molar-refractivity contribution is 0.103. The molecule has 3 nitrogen and oxygen atoms in total. The summed E-state index contributed by atoms with van der Waals surface area (Å²) in [6.45, 7) is 2.14. The monoisotopic (exact) mass is 270 g/mol. The van der Waals surface area contributed by atoms with Crippen LogP contribution in [0, 0.1) is 0 Å². The van der Waals surface area contributed by atoms with Crippen LogP contribution in [0.15, 0.2) is 42.5 Å². The molecule has 0 unspecified atom stereocenters. The Balaban J connectivity index is 2.22. The number of benzene rings is 2. The molecule has 0 aliphatic heterocycles. The molecule has 0 bridgehead atoms. The van der Waals surface area contributed by atoms with Gasteiger partial charge in [0.1, 0.15) is 11.5 Å². The van der Waals surface area contributed by atoms with Crippen molar-refractivity contribution in [3.8, 4) is 11.5 Å². The molecule has 0 saturated heterocycles. The minimum atomic E-state index is -0.291. The smallest absolute Gasteiger partial charge is 0.196 e. The lowest BCUT2D eigenvalue weighted by Gasteiger charge is -2.06. The maximum Gasteiger partial charge on any atom is 0.196 e. The molecule has 0 saturated carbocycles. The van der Waals surface area contributed by atoms with Crippen molar-refractivity contribution in [2.75, 3.05) is 0 Å². The van der Waals surface area contributed by atoms with Crippen LogP contribution in [0.25, 0.3) is 0 Å². The Morgan fingerprint density at radius 2 is 1.75 bits per heavy atom. The number of phenols is 2. The van der Waals surface area contributed by atoms with Gasteiger partial charge in [0.25, 0.3) is 0 Å². The van der Waals surface area contributed by atoms with Crippen LogP contribution in [0.3, 0.4) is 0 Å². The van der Waals surface area contributed by atoms with Crippen molar-refractivity contribution in [3.63, 3.8) is 0 Å². The fraction of sp³-hybridized carbons (Fsp3) is 0.235. The van der Waals surface area contributed by atoms with Crippen molar-refractivity contribution >= 4 is 5.78 Å². The van der Waals surface area contributed by atoms with Crippen molar-refractivity contribution in [3.05, 3.63) is 59.2 Å². The number of unbranched alkanes of at least 4 members (excludes halogenated alkanes) is 1. The molecule has 2 N–H and O–H groups in total. The van der Waals surface area contributed by atoms with Gasteiger partial charge in [-0.15, -0.1) is 0 Å². The zero-order valence-electron chi connectivity index (χ0n) is 11.5. The van der Waals surface area contributed by atoms with Crippen LogP contribution >= 0.6 is 0 Å². The molecule has 2 aromatic rings. The van der Waals surface area contributed by atoms with E-state index in [0.717, 1.165) is 19.3 Å². The predicted molar refractivity (Wildman–Crippen MR) is 78.3 cm³/mol. The Morgan fingerprint density at radius 1 is 1.05 bits per heavy atom. The highest BCUT2D eigenvalue weighted by Gasteiger charge is 2.14. The molecule has 20 heavy (non-hydrogen) atoms. The summed E-state index contributed by atoms with van der Waals surface area (Å²) in [6, 6.07) is 11.3. The van der Waals surface area contributed by atoms with Gasteiger partial charge in [0.05, 0.1) is 5.56 Å². The average Bonchev–Trinajstić information content (AvgIpc) is 2.47. The molecule has 0 radical (unpaired) electrons. The van der Waals surface area contributed by atoms with Crippen molar-refractivity contribution in [1.82, 2.24) is 0 Å². The van der Waals surface area contributed by atoms with Gasteiger partial charge in [-0.2, -0.15) is 0 Å². The SMILES string of the molecule is CCCCc1ccc(C(=O)c2cc(O)ccc2O)cc1. The second-order valence-corrected chi connectivity index (χ2v) is 4.83. The van der Waals surface area contributed by atoms with E-state index in [4.69, 9.17) is 0 Å². The van der Waals surface area contributed by atoms with Gasteiger partial charge in [0.2, 0.25) is 0 Å². The van der Waals surface area contributed by atoms with Gasteiger partial charge < -0.3 is 10.2 Å². The minimum absolute atomic E-state index is 0.0364. The van der Waals surface area contributed by atoms with Crippen LogP contribution in [0.1, 0.15) is 41.3 Å². The van der Waals surface area contributed by atoms with Crippen molar-refractivity contribution in [2.45, 2.75) is 26.2 Å². The van der Waals surface area contributed by atoms with Crippen molar-refractivity contribution in [1.29, 1.82) is 0 Å². The number of aryl methyl sites for hydroxylation is 1. The quantitative estimate of drug-likeness (QED) is 0.643. The summed E-state index contributed by atoms with van der Waals surface area (Å²) >= 11 is 0. The fourth-order valence-electron chi connectivity index (χ4n) is 2.07. The molecule has 0 aliphatic rings. The highest BCUT2D eigenvalue weighted by atomic mass is 16.3. The molecule has 0 heterocycles. The van der Waals surface area contributed by atoms with E-state index in [2.05, 4.69) is 6.92 Å². The third-order valence-corrected chi connectivity index (χ3v) is 3.26. The highest BCUT2D eigenvalue weighted by molar-refractivity contribution is 6.10. The van der Waals surface area contributed by atoms with Crippen LogP contribution in [-0.2, 0) is 6.42 Å². The third kappa shape index (κ3) is 3.18. The molecule has 3 heteroatoms. The topological polar surface area (TPSA) is 57.5 Å². The zero-order valence-corrected chi connectivity index (χ0v) is 11.5. The van der Waals surface area contributed by atoms with E-state index in [1.165, 1.54) is 23.8 Å². The molecule has 0 fully saturated rings. The lowest BCUT2D eigenvalue weighted by atomic mass is 9.99. The molecule has 104 valence electrons. The second-order valence-electron chi connectivity index (χ2n) is 4.83. The first-order valence-electron chi connectivity index (χ1n) is 6.77. The first-order valence-corrected chi connectivity index (χ1v) is 6.77. The third-order valence-electron chi connectivity index (χ3n) is 3.26. The molecule has 2 aromatic carbocycles. The first kappa shape index (κ1) is 14.1. The van der Waals surface area contributed by atoms with Gasteiger partial charge in [-0.1, -0.05) is 37.6 Å². The number of aromatic hydroxyl groups is 2. The van der Waals surface area contributed by atoms with Gasteiger partial charge in [0, 0.05) is 5.56 Å². The van der Waals surface area contributed by atoms with E-state index in [-0.39, 0.29) is 22.8 Å². The number of hydrogen-bond acceptors (Lipinski definition) is 3. The molecular weight excluding hydrogens is 252 g/mol. The number of phenolic OH excluding ortho intramolecular Hbond substituents is 2. The normalized spacial score (nSPS) is 10.4. The summed E-state index contributed by atoms with van der Waals surface area (Å²) < 4.78 is 0. The van der Waals surface area contributed by atoms with Crippen LogP contribution in [0.4, 0.5) is 0 Å². The number of carbonyl (C=O) groups excluding carboxylic acids is 1. The van der Waals surface area contributed by atoms with Crippen molar-refractivity contribution < 1.29 is 15.0 Å². The number of rotatable bonds is 5. The number of ketones is 1. The lowest BCUT2D eigenvalue weighted by Crippen LogP contribution is -2.01. The van der Waals surface area contributed by atoms with Crippen LogP contribution < -0.4 is 0 Å². The summed E-state index contributed by atoms with van der Waals surface area (Å²) in [6.07, 6.45) is 3.26. The zero-order chi connectivity index (χ0) is 14.5. The van der Waals surface area contributed by atoms with Crippen LogP contribution in [0.2, 0.25) is 0 Å². The van der Waals surface area contributed by atoms with E-state index < -0.39 is 0 Å². The van der Waals surface area contributed by atoms with Gasteiger partial charge in [-0.3, -0.25) is 4.79 Å². The molecule has 0 amide bonds. The Labute approximate surface area is 118 Å². The Morgan fingerprint density at radius 3 is 2.40 bits per heavy atom. The summed E-state index contributed by atoms with van der Waals surface area (Å²) in [5.41, 5.74) is 1.82. The summed E-state index contributed by atoms with van der Waals surface area (Å²) in [4.78, 5) is 12.3. The first-order chi connectivity index (χ1) is 9.61. The fourth-order valence-corrected chi connectivity index (χ4v) is 2.07. The van der Waals surface area contributed by atoms with Gasteiger partial charge >= 0.3 is 0 Å². The van der Waals surface area contributed by atoms with E-state index >= 15 is 0 Å². The van der Waals surface area contributed by atoms with Crippen molar-refractivity contribution in [2.24, 2.45) is 0 Å². The Hall–Kier alpha value is -2.29. The predicted octanol–water partition coefficient (Wildman–Crippen LogP) is 3.67. The molecule has 0 aromatic heterocycles. The van der Waals surface area contributed by atoms with Gasteiger partial charge in [-0.25, -0.2) is 0 Å². The maximum absolute atomic E-state index is 12.3. The average molecular weight is 270 g/mol. The number of hydrogen-bond donors (Lipinski definition) is 2. The molecule has 0 atom stereocenters. The molecule has 0 aliphatic carbocycles. The van der Waals surface area contributed by atoms with Gasteiger partial charge in [0.15, 0.2) is 5.78 Å². The summed E-state index contributed by atoms with van der Waals surface area (Å²) in [5, 5.41) is 19.1. The van der Waals surface area contributed by atoms with E-state index in [9.17, 15) is 15.0 Å². The number of carbonyl (C=O) groups is 1. The molecule has 0 spiro atoms. The van der Waals surface area contributed by atoms with Gasteiger partial charge in [-0.05, 0) is 36.6 Å². The summed E-state index contributed by atoms with van der Waals surface area (Å²) in [5.74, 6) is -0.450. The molecule has 2 rings (SSSR count). The summed E-state index contributed by atoms with van der Waals surface area (Å²) in [7, 11) is 0. The maximum atomic E-state index is 12.3. The Kier molecular flexibility index (Phi) is 4.41. The van der Waals surface area contributed by atoms with E-state index in [1.54, 1.807) is 12.1 Å². The van der Waals surface area contributed by atoms with Crippen LogP contribution in [0.5, 0.6) is 11.5 Å². The van der Waals surface area contributed by atoms with E-state index in [0.29, 0.717) is 5.56 Å². The van der Waals surface area contributed by atoms with E-state index in [1.807, 2.05) is 12.1 Å². The largest absolute Gasteiger partial charge is 0.508 e. The molecular formula is C17H18O3. The van der Waals surface area contributed by atoms with Crippen LogP contribution in [-0.4, -0.2) is 16.0 Å². The highest BCUT2D eigenvalue weighted by Crippen LogP contribution is 2.25.